The van der Waals surface area contributed by atoms with Crippen LogP contribution in [0.3, 0.4) is 0 Å². The van der Waals surface area contributed by atoms with Gasteiger partial charge in [0.15, 0.2) is 0 Å². The van der Waals surface area contributed by atoms with E-state index in [1.54, 1.807) is 31.2 Å². The van der Waals surface area contributed by atoms with E-state index in [0.717, 1.165) is 11.1 Å². The summed E-state index contributed by atoms with van der Waals surface area (Å²) in [5.41, 5.74) is 2.31. The first-order chi connectivity index (χ1) is 13.8. The molecule has 3 rings (SSSR count). The highest BCUT2D eigenvalue weighted by molar-refractivity contribution is 7.89. The van der Waals surface area contributed by atoms with Crippen LogP contribution in [0.25, 0.3) is 0 Å². The Hall–Kier alpha value is -3.16. The van der Waals surface area contributed by atoms with Gasteiger partial charge in [0.25, 0.3) is 0 Å². The standard InChI is InChI=1S/C22H21NO5S/c1-16-13-20(11-12-21(16)22(24)25)29(26,27)23-14-17-7-9-19(10-8-17)28-15-18-5-3-2-4-6-18/h2-13,23H,14-15H2,1H3,(H,24,25). The van der Waals surface area contributed by atoms with Crippen LogP contribution in [0.15, 0.2) is 77.7 Å². The van der Waals surface area contributed by atoms with Crippen LogP contribution >= 0.6 is 0 Å². The van der Waals surface area contributed by atoms with Crippen LogP contribution in [0.4, 0.5) is 0 Å². The lowest BCUT2D eigenvalue weighted by Crippen LogP contribution is -2.23. The van der Waals surface area contributed by atoms with Crippen molar-refractivity contribution in [3.63, 3.8) is 0 Å². The Balaban J connectivity index is 1.60. The van der Waals surface area contributed by atoms with Crippen LogP contribution < -0.4 is 9.46 Å². The van der Waals surface area contributed by atoms with Crippen LogP contribution in [0, 0.1) is 6.92 Å². The van der Waals surface area contributed by atoms with Crippen molar-refractivity contribution in [3.8, 4) is 5.75 Å². The Morgan fingerprint density at radius 3 is 2.28 bits per heavy atom. The van der Waals surface area contributed by atoms with Crippen molar-refractivity contribution in [2.75, 3.05) is 0 Å². The number of benzene rings is 3. The Morgan fingerprint density at radius 2 is 1.66 bits per heavy atom. The molecule has 0 radical (unpaired) electrons. The fraction of sp³-hybridized carbons (Fsp3) is 0.136. The van der Waals surface area contributed by atoms with E-state index in [1.165, 1.54) is 18.2 Å². The van der Waals surface area contributed by atoms with Gasteiger partial charge in [-0.25, -0.2) is 17.9 Å². The average molecular weight is 411 g/mol. The Bertz CT molecular complexity index is 1090. The largest absolute Gasteiger partial charge is 0.489 e. The van der Waals surface area contributed by atoms with Crippen molar-refractivity contribution >= 4 is 16.0 Å². The normalized spacial score (nSPS) is 11.2. The van der Waals surface area contributed by atoms with Crippen molar-refractivity contribution in [3.05, 3.63) is 95.1 Å². The monoisotopic (exact) mass is 411 g/mol. The van der Waals surface area contributed by atoms with Crippen molar-refractivity contribution in [1.82, 2.24) is 4.72 Å². The van der Waals surface area contributed by atoms with Crippen LogP contribution in [-0.4, -0.2) is 19.5 Å². The zero-order valence-corrected chi connectivity index (χ0v) is 16.6. The topological polar surface area (TPSA) is 92.7 Å². The quantitative estimate of drug-likeness (QED) is 0.589. The predicted molar refractivity (Wildman–Crippen MR) is 109 cm³/mol. The number of ether oxygens (including phenoxy) is 1. The van der Waals surface area contributed by atoms with Crippen LogP contribution in [-0.2, 0) is 23.2 Å². The summed E-state index contributed by atoms with van der Waals surface area (Å²) in [6, 6.07) is 20.9. The first-order valence-corrected chi connectivity index (χ1v) is 10.4. The minimum Gasteiger partial charge on any atom is -0.489 e. The number of hydrogen-bond donors (Lipinski definition) is 2. The molecule has 0 spiro atoms. The van der Waals surface area contributed by atoms with Crippen molar-refractivity contribution < 1.29 is 23.1 Å². The highest BCUT2D eigenvalue weighted by Gasteiger charge is 2.16. The molecule has 2 N–H and O–H groups in total. The third-order valence-corrected chi connectivity index (χ3v) is 5.78. The molecule has 3 aromatic rings. The smallest absolute Gasteiger partial charge is 0.335 e. The number of sulfonamides is 1. The van der Waals surface area contributed by atoms with E-state index in [-0.39, 0.29) is 17.0 Å². The number of aromatic carboxylic acids is 1. The fourth-order valence-electron chi connectivity index (χ4n) is 2.75. The molecule has 0 unspecified atom stereocenters. The van der Waals surface area contributed by atoms with Crippen LogP contribution in [0.5, 0.6) is 5.75 Å². The summed E-state index contributed by atoms with van der Waals surface area (Å²) in [6.07, 6.45) is 0. The molecule has 0 aliphatic heterocycles. The zero-order valence-electron chi connectivity index (χ0n) is 15.8. The molecule has 7 heteroatoms. The molecule has 0 aromatic heterocycles. The summed E-state index contributed by atoms with van der Waals surface area (Å²) >= 11 is 0. The lowest BCUT2D eigenvalue weighted by atomic mass is 10.1. The lowest BCUT2D eigenvalue weighted by molar-refractivity contribution is 0.0696. The van der Waals surface area contributed by atoms with E-state index in [2.05, 4.69) is 4.72 Å². The van der Waals surface area contributed by atoms with E-state index in [0.29, 0.717) is 17.9 Å². The number of carboxylic acids is 1. The minimum absolute atomic E-state index is 0.0304. The van der Waals surface area contributed by atoms with Gasteiger partial charge in [0, 0.05) is 6.54 Å². The third-order valence-electron chi connectivity index (χ3n) is 4.38. The Labute approximate surface area is 169 Å². The molecule has 0 amide bonds. The summed E-state index contributed by atoms with van der Waals surface area (Å²) in [6.45, 7) is 2.14. The minimum atomic E-state index is -3.75. The molecule has 0 aliphatic rings. The van der Waals surface area contributed by atoms with E-state index in [1.807, 2.05) is 30.3 Å². The van der Waals surface area contributed by atoms with Crippen molar-refractivity contribution in [2.24, 2.45) is 0 Å². The molecule has 0 saturated heterocycles. The molecule has 3 aromatic carbocycles. The number of aryl methyl sites for hydroxylation is 1. The summed E-state index contributed by atoms with van der Waals surface area (Å²) in [7, 11) is -3.75. The van der Waals surface area contributed by atoms with E-state index in [9.17, 15) is 13.2 Å². The van der Waals surface area contributed by atoms with Gasteiger partial charge in [-0.15, -0.1) is 0 Å². The second-order valence-corrected chi connectivity index (χ2v) is 8.29. The summed E-state index contributed by atoms with van der Waals surface area (Å²) < 4.78 is 33.2. The van der Waals surface area contributed by atoms with Gasteiger partial charge in [0.05, 0.1) is 10.5 Å². The van der Waals surface area contributed by atoms with E-state index in [4.69, 9.17) is 9.84 Å². The van der Waals surface area contributed by atoms with Gasteiger partial charge >= 0.3 is 5.97 Å². The van der Waals surface area contributed by atoms with E-state index < -0.39 is 16.0 Å². The van der Waals surface area contributed by atoms with Crippen LogP contribution in [0.1, 0.15) is 27.0 Å². The molecule has 0 bridgehead atoms. The van der Waals surface area contributed by atoms with Gasteiger partial charge in [0.2, 0.25) is 10.0 Å². The van der Waals surface area contributed by atoms with Crippen molar-refractivity contribution in [2.45, 2.75) is 25.0 Å². The first kappa shape index (κ1) is 20.6. The zero-order chi connectivity index (χ0) is 20.9. The number of hydrogen-bond acceptors (Lipinski definition) is 4. The molecule has 150 valence electrons. The third kappa shape index (κ3) is 5.43. The molecular weight excluding hydrogens is 390 g/mol. The lowest BCUT2D eigenvalue weighted by Gasteiger charge is -2.10. The number of nitrogens with one attached hydrogen (secondary N) is 1. The molecule has 0 heterocycles. The molecule has 0 aliphatic carbocycles. The van der Waals surface area contributed by atoms with Gasteiger partial charge in [-0.2, -0.15) is 0 Å². The fourth-order valence-corrected chi connectivity index (χ4v) is 3.85. The van der Waals surface area contributed by atoms with Crippen LogP contribution in [0.2, 0.25) is 0 Å². The Morgan fingerprint density at radius 1 is 0.966 bits per heavy atom. The highest BCUT2D eigenvalue weighted by atomic mass is 32.2. The average Bonchev–Trinajstić information content (AvgIpc) is 2.72. The summed E-state index contributed by atoms with van der Waals surface area (Å²) in [5, 5.41) is 9.06. The predicted octanol–water partition coefficient (Wildman–Crippen LogP) is 3.75. The highest BCUT2D eigenvalue weighted by Crippen LogP contribution is 2.17. The second-order valence-electron chi connectivity index (χ2n) is 6.52. The maximum Gasteiger partial charge on any atom is 0.335 e. The maximum absolute atomic E-state index is 12.5. The Kier molecular flexibility index (Phi) is 6.31. The molecule has 29 heavy (non-hydrogen) atoms. The number of rotatable bonds is 8. The molecule has 0 atom stereocenters. The van der Waals surface area contributed by atoms with Gasteiger partial charge in [0.1, 0.15) is 12.4 Å². The second kappa shape index (κ2) is 8.89. The molecule has 0 saturated carbocycles. The number of carbonyl (C=O) groups is 1. The maximum atomic E-state index is 12.5. The van der Waals surface area contributed by atoms with Crippen molar-refractivity contribution in [1.29, 1.82) is 0 Å². The summed E-state index contributed by atoms with van der Waals surface area (Å²) in [4.78, 5) is 11.1. The van der Waals surface area contributed by atoms with Gasteiger partial charge in [-0.05, 0) is 53.9 Å². The summed E-state index contributed by atoms with van der Waals surface area (Å²) in [5.74, 6) is -0.394. The van der Waals surface area contributed by atoms with E-state index >= 15 is 0 Å². The molecule has 6 nitrogen and oxygen atoms in total. The first-order valence-electron chi connectivity index (χ1n) is 8.94. The molecular formula is C22H21NO5S. The SMILES string of the molecule is Cc1cc(S(=O)(=O)NCc2ccc(OCc3ccccc3)cc2)ccc1C(=O)O. The van der Waals surface area contributed by atoms with Gasteiger partial charge in [-0.1, -0.05) is 42.5 Å². The van der Waals surface area contributed by atoms with Gasteiger partial charge in [-0.3, -0.25) is 0 Å². The number of carboxylic acid groups (broad SMARTS) is 1. The molecule has 0 fully saturated rings. The van der Waals surface area contributed by atoms with Gasteiger partial charge < -0.3 is 9.84 Å².